The van der Waals surface area contributed by atoms with Gasteiger partial charge in [0.2, 0.25) is 5.28 Å². The van der Waals surface area contributed by atoms with Gasteiger partial charge in [-0.05, 0) is 30.2 Å². The van der Waals surface area contributed by atoms with Crippen molar-refractivity contribution in [2.24, 2.45) is 0 Å². The Balaban J connectivity index is 2.10. The number of hydrogen-bond acceptors (Lipinski definition) is 4. The molecule has 2 heterocycles. The zero-order valence-corrected chi connectivity index (χ0v) is 10.7. The Morgan fingerprint density at radius 2 is 2.16 bits per heavy atom. The van der Waals surface area contributed by atoms with Gasteiger partial charge in [0.1, 0.15) is 11.3 Å². The van der Waals surface area contributed by atoms with Gasteiger partial charge >= 0.3 is 0 Å². The fraction of sp³-hybridized carbons (Fsp3) is 0.0833. The van der Waals surface area contributed by atoms with E-state index in [1.165, 1.54) is 6.33 Å². The number of H-pyrrole nitrogens is 1. The molecule has 0 radical (unpaired) electrons. The molecule has 1 aromatic carbocycles. The molecule has 0 fully saturated rings. The van der Waals surface area contributed by atoms with E-state index >= 15 is 0 Å². The first-order chi connectivity index (χ1) is 9.15. The van der Waals surface area contributed by atoms with Gasteiger partial charge in [-0.1, -0.05) is 12.1 Å². The standard InChI is InChI=1S/C12H9ClFN5/c1-6-3-2-4-7(8(6)14)17-11-9-10(16-5-15-9)18-12(13)19-11/h2-5H,1H3,(H2,15,16,17,18,19). The molecule has 3 aromatic rings. The Hall–Kier alpha value is -2.21. The molecule has 0 unspecified atom stereocenters. The zero-order valence-electron chi connectivity index (χ0n) is 9.91. The van der Waals surface area contributed by atoms with Gasteiger partial charge in [0.15, 0.2) is 11.5 Å². The molecule has 7 heteroatoms. The van der Waals surface area contributed by atoms with E-state index in [0.717, 1.165) is 0 Å². The van der Waals surface area contributed by atoms with Gasteiger partial charge in [-0.2, -0.15) is 9.97 Å². The maximum Gasteiger partial charge on any atom is 0.226 e. The number of anilines is 2. The molecule has 2 aromatic heterocycles. The van der Waals surface area contributed by atoms with Crippen molar-refractivity contribution in [1.82, 2.24) is 19.9 Å². The lowest BCUT2D eigenvalue weighted by Crippen LogP contribution is -2.00. The number of rotatable bonds is 2. The van der Waals surface area contributed by atoms with Gasteiger partial charge in [-0.25, -0.2) is 9.37 Å². The van der Waals surface area contributed by atoms with E-state index in [9.17, 15) is 4.39 Å². The molecule has 0 aliphatic heterocycles. The zero-order chi connectivity index (χ0) is 13.4. The summed E-state index contributed by atoms with van der Waals surface area (Å²) in [5.41, 5.74) is 1.87. The average Bonchev–Trinajstić information content (AvgIpc) is 2.83. The van der Waals surface area contributed by atoms with Gasteiger partial charge in [-0.3, -0.25) is 0 Å². The van der Waals surface area contributed by atoms with Crippen LogP contribution in [0.15, 0.2) is 24.5 Å². The number of aromatic amines is 1. The summed E-state index contributed by atoms with van der Waals surface area (Å²) in [6, 6.07) is 5.08. The molecule has 5 nitrogen and oxygen atoms in total. The van der Waals surface area contributed by atoms with Crippen molar-refractivity contribution in [1.29, 1.82) is 0 Å². The van der Waals surface area contributed by atoms with Crippen LogP contribution in [0.4, 0.5) is 15.9 Å². The summed E-state index contributed by atoms with van der Waals surface area (Å²) in [5, 5.41) is 2.95. The van der Waals surface area contributed by atoms with E-state index in [4.69, 9.17) is 11.6 Å². The molecule has 0 bridgehead atoms. The van der Waals surface area contributed by atoms with Crippen LogP contribution in [0, 0.1) is 12.7 Å². The van der Waals surface area contributed by atoms with E-state index in [1.54, 1.807) is 25.1 Å². The van der Waals surface area contributed by atoms with Crippen molar-refractivity contribution in [2.75, 3.05) is 5.32 Å². The van der Waals surface area contributed by atoms with Gasteiger partial charge in [0, 0.05) is 0 Å². The van der Waals surface area contributed by atoms with Gasteiger partial charge in [-0.15, -0.1) is 0 Å². The summed E-state index contributed by atoms with van der Waals surface area (Å²) in [6.45, 7) is 1.69. The number of aromatic nitrogens is 4. The summed E-state index contributed by atoms with van der Waals surface area (Å²) < 4.78 is 13.9. The highest BCUT2D eigenvalue weighted by atomic mass is 35.5. The molecule has 0 aliphatic rings. The van der Waals surface area contributed by atoms with E-state index in [1.807, 2.05) is 0 Å². The van der Waals surface area contributed by atoms with Crippen LogP contribution in [0.1, 0.15) is 5.56 Å². The summed E-state index contributed by atoms with van der Waals surface area (Å²) in [4.78, 5) is 14.9. The monoisotopic (exact) mass is 277 g/mol. The number of benzene rings is 1. The van der Waals surface area contributed by atoms with Crippen LogP contribution in [0.25, 0.3) is 11.2 Å². The summed E-state index contributed by atoms with van der Waals surface area (Å²) in [7, 11) is 0. The van der Waals surface area contributed by atoms with Crippen molar-refractivity contribution >= 4 is 34.3 Å². The normalized spacial score (nSPS) is 10.9. The van der Waals surface area contributed by atoms with Crippen molar-refractivity contribution in [2.45, 2.75) is 6.92 Å². The first-order valence-electron chi connectivity index (χ1n) is 5.54. The van der Waals surface area contributed by atoms with E-state index in [2.05, 4.69) is 25.3 Å². The van der Waals surface area contributed by atoms with Gasteiger partial charge < -0.3 is 10.3 Å². The number of imidazole rings is 1. The Labute approximate surface area is 112 Å². The number of aryl methyl sites for hydroxylation is 1. The first-order valence-corrected chi connectivity index (χ1v) is 5.91. The lowest BCUT2D eigenvalue weighted by molar-refractivity contribution is 0.622. The van der Waals surface area contributed by atoms with Crippen molar-refractivity contribution in [3.8, 4) is 0 Å². The van der Waals surface area contributed by atoms with Crippen LogP contribution in [0.3, 0.4) is 0 Å². The van der Waals surface area contributed by atoms with Crippen LogP contribution >= 0.6 is 11.6 Å². The minimum absolute atomic E-state index is 0.0511. The fourth-order valence-corrected chi connectivity index (χ4v) is 1.93. The summed E-state index contributed by atoms with van der Waals surface area (Å²) >= 11 is 5.81. The number of halogens is 2. The second-order valence-electron chi connectivity index (χ2n) is 4.00. The molecule has 3 rings (SSSR count). The smallest absolute Gasteiger partial charge is 0.226 e. The van der Waals surface area contributed by atoms with Crippen molar-refractivity contribution in [3.63, 3.8) is 0 Å². The second kappa shape index (κ2) is 4.47. The number of hydrogen-bond donors (Lipinski definition) is 2. The predicted octanol–water partition coefficient (Wildman–Crippen LogP) is 3.20. The summed E-state index contributed by atoms with van der Waals surface area (Å²) in [5.74, 6) is 0.0573. The quantitative estimate of drug-likeness (QED) is 0.706. The molecule has 19 heavy (non-hydrogen) atoms. The van der Waals surface area contributed by atoms with E-state index < -0.39 is 0 Å². The Morgan fingerprint density at radius 3 is 3.00 bits per heavy atom. The Kier molecular flexibility index (Phi) is 2.79. The van der Waals surface area contributed by atoms with Crippen LogP contribution < -0.4 is 5.32 Å². The third-order valence-electron chi connectivity index (χ3n) is 2.70. The third kappa shape index (κ3) is 2.10. The van der Waals surface area contributed by atoms with Crippen LogP contribution in [-0.4, -0.2) is 19.9 Å². The van der Waals surface area contributed by atoms with Crippen LogP contribution in [0.5, 0.6) is 0 Å². The van der Waals surface area contributed by atoms with Crippen LogP contribution in [-0.2, 0) is 0 Å². The molecule has 0 amide bonds. The van der Waals surface area contributed by atoms with Gasteiger partial charge in [0.25, 0.3) is 0 Å². The lowest BCUT2D eigenvalue weighted by Gasteiger charge is -2.08. The molecule has 0 atom stereocenters. The minimum atomic E-state index is -0.329. The SMILES string of the molecule is Cc1cccc(Nc2nc(Cl)nc3nc[nH]c23)c1F. The lowest BCUT2D eigenvalue weighted by atomic mass is 10.2. The number of nitrogens with zero attached hydrogens (tertiary/aromatic N) is 3. The molecule has 2 N–H and O–H groups in total. The maximum atomic E-state index is 13.9. The topological polar surface area (TPSA) is 66.5 Å². The first kappa shape index (κ1) is 11.9. The Morgan fingerprint density at radius 1 is 1.32 bits per heavy atom. The summed E-state index contributed by atoms with van der Waals surface area (Å²) in [6.07, 6.45) is 1.48. The third-order valence-corrected chi connectivity index (χ3v) is 2.87. The predicted molar refractivity (Wildman–Crippen MR) is 71.1 cm³/mol. The van der Waals surface area contributed by atoms with Gasteiger partial charge in [0.05, 0.1) is 12.0 Å². The van der Waals surface area contributed by atoms with E-state index in [0.29, 0.717) is 28.2 Å². The molecule has 0 saturated heterocycles. The maximum absolute atomic E-state index is 13.9. The molecular weight excluding hydrogens is 269 g/mol. The van der Waals surface area contributed by atoms with Crippen LogP contribution in [0.2, 0.25) is 5.28 Å². The molecule has 0 spiro atoms. The molecule has 0 aliphatic carbocycles. The molecular formula is C12H9ClFN5. The Bertz CT molecular complexity index is 755. The second-order valence-corrected chi connectivity index (χ2v) is 4.34. The average molecular weight is 278 g/mol. The van der Waals surface area contributed by atoms with Crippen molar-refractivity contribution in [3.05, 3.63) is 41.2 Å². The highest BCUT2D eigenvalue weighted by Gasteiger charge is 2.11. The van der Waals surface area contributed by atoms with Crippen molar-refractivity contribution < 1.29 is 4.39 Å². The molecule has 96 valence electrons. The minimum Gasteiger partial charge on any atom is -0.340 e. The fourth-order valence-electron chi connectivity index (χ4n) is 1.77. The largest absolute Gasteiger partial charge is 0.340 e. The highest BCUT2D eigenvalue weighted by Crippen LogP contribution is 2.25. The highest BCUT2D eigenvalue weighted by molar-refractivity contribution is 6.28. The number of fused-ring (bicyclic) bond motifs is 1. The number of nitrogens with one attached hydrogen (secondary N) is 2. The molecule has 0 saturated carbocycles. The van der Waals surface area contributed by atoms with E-state index in [-0.39, 0.29) is 11.1 Å².